The Morgan fingerprint density at radius 2 is 1.95 bits per heavy atom. The maximum absolute atomic E-state index is 12.0. The quantitative estimate of drug-likeness (QED) is 0.626. The summed E-state index contributed by atoms with van der Waals surface area (Å²) >= 11 is 6.80. The van der Waals surface area contributed by atoms with Gasteiger partial charge in [0, 0.05) is 23.0 Å². The summed E-state index contributed by atoms with van der Waals surface area (Å²) in [5.74, 6) is 0.721. The Balaban J connectivity index is 2.54. The molecule has 0 radical (unpaired) electrons. The monoisotopic (exact) mass is 417 g/mol. The molecule has 1 aromatic carbocycles. The minimum Gasteiger partial charge on any atom is -0.492 e. The zero-order chi connectivity index (χ0) is 15.2. The highest BCUT2D eigenvalue weighted by molar-refractivity contribution is 9.11. The Kier molecular flexibility index (Phi) is 7.33. The summed E-state index contributed by atoms with van der Waals surface area (Å²) in [6, 6.07) is 3.77. The van der Waals surface area contributed by atoms with E-state index in [4.69, 9.17) is 4.74 Å². The maximum Gasteiger partial charge on any atom is 0.389 e. The Bertz CT molecular complexity index is 438. The zero-order valence-electron chi connectivity index (χ0n) is 11.0. The van der Waals surface area contributed by atoms with Crippen LogP contribution in [0.3, 0.4) is 0 Å². The molecule has 2 nitrogen and oxygen atoms in total. The van der Waals surface area contributed by atoms with Crippen molar-refractivity contribution in [3.05, 3.63) is 26.6 Å². The van der Waals surface area contributed by atoms with E-state index < -0.39 is 12.6 Å². The number of ether oxygens (including phenoxy) is 1. The van der Waals surface area contributed by atoms with E-state index in [1.807, 2.05) is 19.1 Å². The van der Waals surface area contributed by atoms with Gasteiger partial charge in [-0.3, -0.25) is 0 Å². The van der Waals surface area contributed by atoms with Crippen LogP contribution in [-0.2, 0) is 6.54 Å². The van der Waals surface area contributed by atoms with Gasteiger partial charge in [-0.2, -0.15) is 13.2 Å². The summed E-state index contributed by atoms with van der Waals surface area (Å²) in [4.78, 5) is 0. The lowest BCUT2D eigenvalue weighted by atomic mass is 10.2. The van der Waals surface area contributed by atoms with Crippen LogP contribution in [0.4, 0.5) is 13.2 Å². The van der Waals surface area contributed by atoms with Gasteiger partial charge in [0.2, 0.25) is 0 Å². The summed E-state index contributed by atoms with van der Waals surface area (Å²) in [6.45, 7) is 3.19. The molecular weight excluding hydrogens is 403 g/mol. The van der Waals surface area contributed by atoms with Crippen LogP contribution in [0.25, 0.3) is 0 Å². The van der Waals surface area contributed by atoms with Crippen molar-refractivity contribution in [1.82, 2.24) is 5.32 Å². The van der Waals surface area contributed by atoms with Crippen LogP contribution < -0.4 is 10.1 Å². The van der Waals surface area contributed by atoms with Crippen molar-refractivity contribution in [2.75, 3.05) is 13.2 Å². The molecule has 0 saturated heterocycles. The van der Waals surface area contributed by atoms with Crippen LogP contribution in [0.15, 0.2) is 21.1 Å². The smallest absolute Gasteiger partial charge is 0.389 e. The average molecular weight is 419 g/mol. The molecule has 0 atom stereocenters. The second-order valence-corrected chi connectivity index (χ2v) is 5.97. The fraction of sp³-hybridized carbons (Fsp3) is 0.538. The highest BCUT2D eigenvalue weighted by Gasteiger charge is 2.25. The summed E-state index contributed by atoms with van der Waals surface area (Å²) in [7, 11) is 0. The topological polar surface area (TPSA) is 21.3 Å². The molecule has 0 unspecified atom stereocenters. The summed E-state index contributed by atoms with van der Waals surface area (Å²) in [5.41, 5.74) is 0.903. The molecule has 0 aliphatic carbocycles. The fourth-order valence-corrected chi connectivity index (χ4v) is 3.12. The summed E-state index contributed by atoms with van der Waals surface area (Å²) in [6.07, 6.45) is -4.78. The number of rotatable bonds is 7. The third-order valence-corrected chi connectivity index (χ3v) is 3.55. The number of hydrogen-bond donors (Lipinski definition) is 1. The van der Waals surface area contributed by atoms with Crippen molar-refractivity contribution < 1.29 is 17.9 Å². The van der Waals surface area contributed by atoms with E-state index in [0.29, 0.717) is 19.7 Å². The number of hydrogen-bond acceptors (Lipinski definition) is 2. The molecule has 0 aliphatic heterocycles. The molecule has 0 aromatic heterocycles. The van der Waals surface area contributed by atoms with Crippen molar-refractivity contribution in [2.45, 2.75) is 32.5 Å². The Labute approximate surface area is 133 Å². The van der Waals surface area contributed by atoms with Crippen molar-refractivity contribution in [2.24, 2.45) is 0 Å². The second kappa shape index (κ2) is 8.24. The van der Waals surface area contributed by atoms with Gasteiger partial charge in [0.1, 0.15) is 5.75 Å². The van der Waals surface area contributed by atoms with E-state index >= 15 is 0 Å². The van der Waals surface area contributed by atoms with Gasteiger partial charge in [0.25, 0.3) is 0 Å². The lowest BCUT2D eigenvalue weighted by Gasteiger charge is -2.14. The Morgan fingerprint density at radius 1 is 1.25 bits per heavy atom. The minimum atomic E-state index is -4.09. The van der Waals surface area contributed by atoms with Gasteiger partial charge < -0.3 is 10.1 Å². The van der Waals surface area contributed by atoms with E-state index in [2.05, 4.69) is 37.2 Å². The molecule has 0 saturated carbocycles. The van der Waals surface area contributed by atoms with Crippen LogP contribution >= 0.6 is 31.9 Å². The SMILES string of the molecule is CCOc1c(Br)cc(Br)cc1CNCCCC(F)(F)F. The van der Waals surface area contributed by atoms with Gasteiger partial charge >= 0.3 is 6.18 Å². The van der Waals surface area contributed by atoms with E-state index in [0.717, 1.165) is 20.3 Å². The Hall–Kier alpha value is -0.270. The highest BCUT2D eigenvalue weighted by Crippen LogP contribution is 2.33. The van der Waals surface area contributed by atoms with Gasteiger partial charge in [-0.1, -0.05) is 15.9 Å². The van der Waals surface area contributed by atoms with Gasteiger partial charge in [-0.25, -0.2) is 0 Å². The van der Waals surface area contributed by atoms with Crippen LogP contribution in [0.5, 0.6) is 5.75 Å². The molecule has 0 amide bonds. The Morgan fingerprint density at radius 3 is 2.55 bits per heavy atom. The normalized spacial score (nSPS) is 11.7. The first-order valence-corrected chi connectivity index (χ1v) is 7.80. The standard InChI is InChI=1S/C13H16Br2F3NO/c1-2-20-12-9(6-10(14)7-11(12)15)8-19-5-3-4-13(16,17)18/h6-7,19H,2-5,8H2,1H3. The third-order valence-electron chi connectivity index (χ3n) is 2.50. The van der Waals surface area contributed by atoms with Gasteiger partial charge in [-0.15, -0.1) is 0 Å². The highest BCUT2D eigenvalue weighted by atomic mass is 79.9. The van der Waals surface area contributed by atoms with Crippen molar-refractivity contribution >= 4 is 31.9 Å². The molecule has 114 valence electrons. The second-order valence-electron chi connectivity index (χ2n) is 4.20. The molecule has 1 N–H and O–H groups in total. The molecule has 20 heavy (non-hydrogen) atoms. The van der Waals surface area contributed by atoms with Gasteiger partial charge in [0.15, 0.2) is 0 Å². The first kappa shape index (κ1) is 17.8. The lowest BCUT2D eigenvalue weighted by molar-refractivity contribution is -0.135. The lowest BCUT2D eigenvalue weighted by Crippen LogP contribution is -2.18. The number of benzene rings is 1. The number of nitrogens with one attached hydrogen (secondary N) is 1. The number of alkyl halides is 3. The van der Waals surface area contributed by atoms with Gasteiger partial charge in [0.05, 0.1) is 11.1 Å². The zero-order valence-corrected chi connectivity index (χ0v) is 14.2. The molecule has 1 rings (SSSR count). The first-order valence-electron chi connectivity index (χ1n) is 6.21. The maximum atomic E-state index is 12.0. The molecule has 0 aliphatic rings. The first-order chi connectivity index (χ1) is 9.33. The van der Waals surface area contributed by atoms with E-state index in [-0.39, 0.29) is 6.42 Å². The minimum absolute atomic E-state index is 0.0721. The molecule has 0 heterocycles. The summed E-state index contributed by atoms with van der Waals surface area (Å²) < 4.78 is 43.3. The predicted molar refractivity (Wildman–Crippen MR) is 80.0 cm³/mol. The molecule has 7 heteroatoms. The van der Waals surface area contributed by atoms with Crippen molar-refractivity contribution in [3.63, 3.8) is 0 Å². The van der Waals surface area contributed by atoms with E-state index in [9.17, 15) is 13.2 Å². The van der Waals surface area contributed by atoms with Crippen LogP contribution in [0, 0.1) is 0 Å². The fourth-order valence-electron chi connectivity index (χ4n) is 1.69. The molecule has 1 aromatic rings. The molecule has 0 fully saturated rings. The van der Waals surface area contributed by atoms with Crippen LogP contribution in [0.1, 0.15) is 25.3 Å². The molecule has 0 spiro atoms. The van der Waals surface area contributed by atoms with Crippen LogP contribution in [0.2, 0.25) is 0 Å². The van der Waals surface area contributed by atoms with Crippen LogP contribution in [-0.4, -0.2) is 19.3 Å². The van der Waals surface area contributed by atoms with E-state index in [1.54, 1.807) is 0 Å². The van der Waals surface area contributed by atoms with Crippen molar-refractivity contribution in [3.8, 4) is 5.75 Å². The molecule has 0 bridgehead atoms. The van der Waals surface area contributed by atoms with Gasteiger partial charge in [-0.05, 0) is 48.0 Å². The predicted octanol–water partition coefficient (Wildman–Crippen LogP) is 5.04. The largest absolute Gasteiger partial charge is 0.492 e. The molecular formula is C13H16Br2F3NO. The van der Waals surface area contributed by atoms with Crippen molar-refractivity contribution in [1.29, 1.82) is 0 Å². The summed E-state index contributed by atoms with van der Waals surface area (Å²) in [5, 5.41) is 3.01. The van der Waals surface area contributed by atoms with E-state index in [1.165, 1.54) is 0 Å². The number of halogens is 5. The average Bonchev–Trinajstić information content (AvgIpc) is 2.31. The third kappa shape index (κ3) is 6.45.